The number of nitrogens with one attached hydrogen (secondary N) is 4. The van der Waals surface area contributed by atoms with Crippen molar-refractivity contribution in [3.63, 3.8) is 0 Å². The van der Waals surface area contributed by atoms with Crippen LogP contribution in [-0.4, -0.2) is 86.8 Å². The van der Waals surface area contributed by atoms with E-state index in [0.717, 1.165) is 73.5 Å². The zero-order valence-corrected chi connectivity index (χ0v) is 33.5. The molecule has 3 heterocycles. The van der Waals surface area contributed by atoms with Gasteiger partial charge in [-0.1, -0.05) is 32.5 Å². The first-order chi connectivity index (χ1) is 26.0. The Morgan fingerprint density at radius 1 is 1.06 bits per heavy atom. The van der Waals surface area contributed by atoms with E-state index in [1.807, 2.05) is 12.1 Å². The molecule has 6 rings (SSSR count). The van der Waals surface area contributed by atoms with Gasteiger partial charge in [-0.15, -0.1) is 51.7 Å². The van der Waals surface area contributed by atoms with Crippen LogP contribution < -0.4 is 25.7 Å². The van der Waals surface area contributed by atoms with E-state index >= 15 is 0 Å². The molecule has 1 aromatic carbocycles. The number of ether oxygens (including phenoxy) is 1. The zero-order chi connectivity index (χ0) is 41.3. The van der Waals surface area contributed by atoms with E-state index in [0.29, 0.717) is 24.4 Å². The lowest BCUT2D eigenvalue weighted by atomic mass is 9.85. The van der Waals surface area contributed by atoms with E-state index in [-0.39, 0.29) is 40.1 Å². The number of rotatable bonds is 8. The normalized spacial score (nSPS) is 17.6. The molecule has 12 nitrogen and oxygen atoms in total. The van der Waals surface area contributed by atoms with E-state index in [1.165, 1.54) is 0 Å². The molecule has 0 spiro atoms. The third-order valence-corrected chi connectivity index (χ3v) is 10.3. The van der Waals surface area contributed by atoms with E-state index in [4.69, 9.17) is 4.74 Å². The molecule has 0 radical (unpaired) electrons. The van der Waals surface area contributed by atoms with Gasteiger partial charge in [0.05, 0.1) is 12.4 Å². The minimum absolute atomic E-state index is 0.0189. The van der Waals surface area contributed by atoms with Crippen molar-refractivity contribution in [2.45, 2.75) is 89.1 Å². The number of likely N-dealkylation sites (tertiary alicyclic amines) is 1. The van der Waals surface area contributed by atoms with Gasteiger partial charge >= 0.3 is 0 Å². The van der Waals surface area contributed by atoms with Gasteiger partial charge in [0.25, 0.3) is 5.56 Å². The Morgan fingerprint density at radius 2 is 1.70 bits per heavy atom. The minimum Gasteiger partial charge on any atom is -0.497 e. The highest BCUT2D eigenvalue weighted by atomic mass is 32.2. The van der Waals surface area contributed by atoms with Crippen LogP contribution in [0.15, 0.2) is 53.4 Å². The van der Waals surface area contributed by atoms with Gasteiger partial charge in [0.1, 0.15) is 28.8 Å². The monoisotopic (exact) mass is 780 g/mol. The van der Waals surface area contributed by atoms with Gasteiger partial charge in [0, 0.05) is 36.5 Å². The molecule has 14 heteroatoms. The molecule has 4 N–H and O–H groups in total. The van der Waals surface area contributed by atoms with Gasteiger partial charge in [0.15, 0.2) is 5.17 Å². The number of terminal acetylenes is 3. The van der Waals surface area contributed by atoms with Crippen molar-refractivity contribution in [2.75, 3.05) is 26.0 Å². The number of amidine groups is 1. The van der Waals surface area contributed by atoms with Crippen LogP contribution in [0.25, 0.3) is 10.8 Å². The maximum Gasteiger partial charge on any atom is 0.255 e. The number of aromatic nitrogens is 1. The SMILES string of the molecule is C#C.C#C.C#C.C=C.CC(C)(C)C(NC1=NCCCS1)C(=O)N1CCC[C@H]1C(=O)NC1CC1.COc1ccc2c(=O)[nH]ccc2c1.O=CNS(=O)C1CC1. The molecular formula is C40H56N6O6S2. The lowest BCUT2D eigenvalue weighted by Crippen LogP contribution is -2.57. The van der Waals surface area contributed by atoms with Crippen LogP contribution in [0.4, 0.5) is 0 Å². The van der Waals surface area contributed by atoms with Gasteiger partial charge in [-0.2, -0.15) is 0 Å². The summed E-state index contributed by atoms with van der Waals surface area (Å²) in [5.41, 5.74) is -0.322. The van der Waals surface area contributed by atoms with E-state index in [1.54, 1.807) is 42.1 Å². The highest BCUT2D eigenvalue weighted by molar-refractivity contribution is 8.13. The van der Waals surface area contributed by atoms with Crippen molar-refractivity contribution in [3.05, 3.63) is 54.0 Å². The summed E-state index contributed by atoms with van der Waals surface area (Å²) in [6.07, 6.45) is 33.0. The van der Waals surface area contributed by atoms with Gasteiger partial charge < -0.3 is 25.3 Å². The second-order valence-corrected chi connectivity index (χ2v) is 15.4. The summed E-state index contributed by atoms with van der Waals surface area (Å²) in [4.78, 5) is 55.7. The number of carbonyl (C=O) groups excluding carboxylic acids is 3. The standard InChI is InChI=1S/C18H30N4O2S.C10H9NO2.C4H7NO2S.C2H4.3C2H2/c1-18(2,3)14(21-17-19-9-5-11-25-17)16(24)22-10-4-6-13(22)15(23)20-12-7-8-12;1-13-8-2-3-9-7(6-8)4-5-11-10(9)12;6-3-5-8(7)4-1-2-4;4*1-2/h12-14H,4-11H2,1-3H3,(H,19,21)(H,20,23);2-6H,1H3,(H,11,12);3-4H,1-2H2,(H,5,6);1-2H2;3*1-2H/t13-,14?;;;;;;/m0....../s1. The number of nitrogens with zero attached hydrogens (tertiary/aromatic N) is 2. The Morgan fingerprint density at radius 3 is 2.22 bits per heavy atom. The van der Waals surface area contributed by atoms with Crippen LogP contribution in [0.2, 0.25) is 0 Å². The highest BCUT2D eigenvalue weighted by Crippen LogP contribution is 2.28. The number of aromatic amines is 1. The molecule has 2 aliphatic heterocycles. The second kappa shape index (κ2) is 26.7. The molecule has 2 aliphatic carbocycles. The summed E-state index contributed by atoms with van der Waals surface area (Å²) in [6.45, 7) is 13.7. The minimum atomic E-state index is -1.08. The Hall–Kier alpha value is -4.97. The maximum atomic E-state index is 13.3. The highest BCUT2D eigenvalue weighted by Gasteiger charge is 2.42. The van der Waals surface area contributed by atoms with Gasteiger partial charge in [-0.05, 0) is 80.0 Å². The summed E-state index contributed by atoms with van der Waals surface area (Å²) in [5, 5.41) is 9.12. The number of H-pyrrole nitrogens is 1. The fourth-order valence-corrected chi connectivity index (χ4v) is 6.74. The second-order valence-electron chi connectivity index (χ2n) is 12.8. The first-order valence-electron chi connectivity index (χ1n) is 17.3. The van der Waals surface area contributed by atoms with Crippen molar-refractivity contribution in [1.29, 1.82) is 0 Å². The number of hydrogen-bond donors (Lipinski definition) is 4. The Kier molecular flexibility index (Phi) is 24.3. The van der Waals surface area contributed by atoms with Crippen LogP contribution in [0.5, 0.6) is 5.75 Å². The first-order valence-corrected chi connectivity index (χ1v) is 19.5. The number of carbonyl (C=O) groups is 3. The van der Waals surface area contributed by atoms with Gasteiger partial charge in [-0.25, -0.2) is 4.21 Å². The summed E-state index contributed by atoms with van der Waals surface area (Å²) in [6, 6.07) is 6.86. The molecule has 2 saturated carbocycles. The van der Waals surface area contributed by atoms with Crippen molar-refractivity contribution in [2.24, 2.45) is 10.4 Å². The molecular weight excluding hydrogens is 725 g/mol. The number of methoxy groups -OCH3 is 1. The van der Waals surface area contributed by atoms with E-state index < -0.39 is 11.0 Å². The first kappa shape index (κ1) is 49.0. The van der Waals surface area contributed by atoms with Crippen LogP contribution in [0, 0.1) is 44.0 Å². The Bertz CT molecular complexity index is 1620. The van der Waals surface area contributed by atoms with E-state index in [9.17, 15) is 23.4 Å². The van der Waals surface area contributed by atoms with Crippen LogP contribution in [0.1, 0.15) is 65.7 Å². The lowest BCUT2D eigenvalue weighted by Gasteiger charge is -2.36. The molecule has 4 aliphatic rings. The van der Waals surface area contributed by atoms with E-state index in [2.05, 4.69) is 97.8 Å². The molecule has 3 atom stereocenters. The van der Waals surface area contributed by atoms with Crippen LogP contribution in [0.3, 0.4) is 0 Å². The number of hydrogen-bond acceptors (Lipinski definition) is 9. The van der Waals surface area contributed by atoms with Crippen molar-refractivity contribution >= 4 is 56.9 Å². The summed E-state index contributed by atoms with van der Waals surface area (Å²) < 4.78 is 17.8. The fourth-order valence-electron chi connectivity index (χ4n) is 5.04. The summed E-state index contributed by atoms with van der Waals surface area (Å²) in [5.74, 6) is 1.84. The molecule has 54 heavy (non-hydrogen) atoms. The smallest absolute Gasteiger partial charge is 0.255 e. The van der Waals surface area contributed by atoms with Gasteiger partial charge in [0.2, 0.25) is 18.2 Å². The Balaban J connectivity index is 0.000000807. The Labute approximate surface area is 328 Å². The molecule has 2 unspecified atom stereocenters. The number of aliphatic imine (C=N–C) groups is 1. The summed E-state index contributed by atoms with van der Waals surface area (Å²) >= 11 is 1.68. The molecule has 3 fully saturated rings. The van der Waals surface area contributed by atoms with Crippen molar-refractivity contribution < 1.29 is 23.3 Å². The number of fused-ring (bicyclic) bond motifs is 1. The zero-order valence-electron chi connectivity index (χ0n) is 31.9. The lowest BCUT2D eigenvalue weighted by molar-refractivity contribution is -0.141. The fraction of sp³-hybridized carbons (Fsp3) is 0.475. The van der Waals surface area contributed by atoms with Crippen molar-refractivity contribution in [1.82, 2.24) is 25.2 Å². The number of benzene rings is 1. The number of thioether (sulfide) groups is 1. The van der Waals surface area contributed by atoms with Gasteiger partial charge in [-0.3, -0.25) is 28.9 Å². The molecule has 0 bridgehead atoms. The number of amides is 3. The topological polar surface area (TPSA) is 162 Å². The molecule has 1 aromatic heterocycles. The average Bonchev–Trinajstić information content (AvgIpc) is 4.16. The third kappa shape index (κ3) is 16.8. The summed E-state index contributed by atoms with van der Waals surface area (Å²) in [7, 11) is 0.527. The average molecular weight is 781 g/mol. The number of pyridine rings is 1. The molecule has 294 valence electrons. The molecule has 1 saturated heterocycles. The predicted octanol–water partition coefficient (Wildman–Crippen LogP) is 4.40. The maximum absolute atomic E-state index is 13.3. The van der Waals surface area contributed by atoms with Crippen molar-refractivity contribution in [3.8, 4) is 44.3 Å². The quantitative estimate of drug-likeness (QED) is 0.174. The largest absolute Gasteiger partial charge is 0.497 e. The third-order valence-electron chi connectivity index (χ3n) is 7.91. The van der Waals surface area contributed by atoms with Crippen LogP contribution >= 0.6 is 11.8 Å². The van der Waals surface area contributed by atoms with Crippen LogP contribution in [-0.2, 0) is 25.4 Å². The molecule has 2 aromatic rings. The molecule has 3 amide bonds. The predicted molar refractivity (Wildman–Crippen MR) is 224 cm³/mol.